The van der Waals surface area contributed by atoms with Gasteiger partial charge >= 0.3 is 0 Å². The quantitative estimate of drug-likeness (QED) is 0.743. The zero-order valence-corrected chi connectivity index (χ0v) is 11.1. The van der Waals surface area contributed by atoms with E-state index in [2.05, 4.69) is 6.92 Å². The van der Waals surface area contributed by atoms with Gasteiger partial charge in [0.2, 0.25) is 11.8 Å². The topological polar surface area (TPSA) is 40.6 Å². The van der Waals surface area contributed by atoms with Crippen LogP contribution in [0.2, 0.25) is 0 Å². The maximum absolute atomic E-state index is 12.5. The molecule has 100 valence electrons. The fourth-order valence-electron chi connectivity index (χ4n) is 3.30. The molecule has 0 spiro atoms. The average Bonchev–Trinajstić information content (AvgIpc) is 3.12. The molecular formula is C14H22N2O2. The summed E-state index contributed by atoms with van der Waals surface area (Å²) < 4.78 is 0. The highest BCUT2D eigenvalue weighted by Crippen LogP contribution is 2.33. The Balaban J connectivity index is 1.64. The lowest BCUT2D eigenvalue weighted by Crippen LogP contribution is -2.45. The number of piperidine rings is 1. The van der Waals surface area contributed by atoms with Crippen LogP contribution in [0.1, 0.15) is 45.4 Å². The molecular weight excluding hydrogens is 228 g/mol. The van der Waals surface area contributed by atoms with Crippen LogP contribution in [0.4, 0.5) is 0 Å². The Bertz CT molecular complexity index is 365. The SMILES string of the molecule is CC1CCCCN1C(=O)C1CC(=O)N(C2CC2)C1. The van der Waals surface area contributed by atoms with E-state index in [0.717, 1.165) is 32.2 Å². The first-order valence-electron chi connectivity index (χ1n) is 7.27. The highest BCUT2D eigenvalue weighted by Gasteiger charge is 2.43. The Morgan fingerprint density at radius 3 is 2.67 bits per heavy atom. The zero-order valence-electron chi connectivity index (χ0n) is 11.1. The van der Waals surface area contributed by atoms with Crippen molar-refractivity contribution in [2.45, 2.75) is 57.5 Å². The van der Waals surface area contributed by atoms with Crippen LogP contribution in [-0.2, 0) is 9.59 Å². The average molecular weight is 250 g/mol. The second kappa shape index (κ2) is 4.56. The summed E-state index contributed by atoms with van der Waals surface area (Å²) in [5.41, 5.74) is 0. The third-order valence-corrected chi connectivity index (χ3v) is 4.58. The van der Waals surface area contributed by atoms with Gasteiger partial charge in [0.15, 0.2) is 0 Å². The first kappa shape index (κ1) is 12.0. The summed E-state index contributed by atoms with van der Waals surface area (Å²) >= 11 is 0. The van der Waals surface area contributed by atoms with Gasteiger partial charge in [0.25, 0.3) is 0 Å². The highest BCUT2D eigenvalue weighted by molar-refractivity contribution is 5.89. The predicted octanol–water partition coefficient (Wildman–Crippen LogP) is 1.40. The van der Waals surface area contributed by atoms with Gasteiger partial charge in [-0.2, -0.15) is 0 Å². The van der Waals surface area contributed by atoms with Crippen LogP contribution in [-0.4, -0.2) is 46.8 Å². The van der Waals surface area contributed by atoms with E-state index in [9.17, 15) is 9.59 Å². The van der Waals surface area contributed by atoms with Crippen molar-refractivity contribution in [3.63, 3.8) is 0 Å². The van der Waals surface area contributed by atoms with Crippen molar-refractivity contribution in [2.75, 3.05) is 13.1 Å². The first-order chi connectivity index (χ1) is 8.66. The molecule has 1 saturated carbocycles. The molecule has 0 aromatic carbocycles. The predicted molar refractivity (Wildman–Crippen MR) is 67.9 cm³/mol. The van der Waals surface area contributed by atoms with Gasteiger partial charge in [0.05, 0.1) is 5.92 Å². The van der Waals surface area contributed by atoms with Crippen LogP contribution in [0.25, 0.3) is 0 Å². The van der Waals surface area contributed by atoms with Crippen molar-refractivity contribution in [2.24, 2.45) is 5.92 Å². The van der Waals surface area contributed by atoms with Crippen molar-refractivity contribution < 1.29 is 9.59 Å². The maximum atomic E-state index is 12.5. The summed E-state index contributed by atoms with van der Waals surface area (Å²) in [6.07, 6.45) is 6.16. The van der Waals surface area contributed by atoms with Crippen LogP contribution in [0.5, 0.6) is 0 Å². The van der Waals surface area contributed by atoms with E-state index in [4.69, 9.17) is 0 Å². The van der Waals surface area contributed by atoms with Crippen LogP contribution in [0, 0.1) is 5.92 Å². The van der Waals surface area contributed by atoms with Crippen molar-refractivity contribution in [1.29, 1.82) is 0 Å². The van der Waals surface area contributed by atoms with Crippen molar-refractivity contribution in [3.8, 4) is 0 Å². The number of hydrogen-bond acceptors (Lipinski definition) is 2. The van der Waals surface area contributed by atoms with Crippen molar-refractivity contribution in [1.82, 2.24) is 9.80 Å². The van der Waals surface area contributed by atoms with Gasteiger partial charge in [-0.3, -0.25) is 9.59 Å². The smallest absolute Gasteiger partial charge is 0.228 e. The van der Waals surface area contributed by atoms with Crippen molar-refractivity contribution >= 4 is 11.8 Å². The molecule has 2 unspecified atom stereocenters. The van der Waals surface area contributed by atoms with Gasteiger partial charge in [-0.25, -0.2) is 0 Å². The number of rotatable bonds is 2. The van der Waals surface area contributed by atoms with E-state index in [1.54, 1.807) is 0 Å². The number of likely N-dealkylation sites (tertiary alicyclic amines) is 2. The fourth-order valence-corrected chi connectivity index (χ4v) is 3.30. The van der Waals surface area contributed by atoms with Gasteiger partial charge in [-0.05, 0) is 39.0 Å². The van der Waals surface area contributed by atoms with Gasteiger partial charge in [-0.1, -0.05) is 0 Å². The Morgan fingerprint density at radius 1 is 1.22 bits per heavy atom. The number of carbonyl (C=O) groups is 2. The molecule has 3 rings (SSSR count). The molecule has 2 atom stereocenters. The van der Waals surface area contributed by atoms with E-state index in [1.165, 1.54) is 6.42 Å². The Labute approximate surface area is 108 Å². The minimum Gasteiger partial charge on any atom is -0.340 e. The molecule has 2 heterocycles. The summed E-state index contributed by atoms with van der Waals surface area (Å²) in [5.74, 6) is 0.345. The Morgan fingerprint density at radius 2 is 2.00 bits per heavy atom. The molecule has 4 heteroatoms. The van der Waals surface area contributed by atoms with Crippen LogP contribution in [0.3, 0.4) is 0 Å². The summed E-state index contributed by atoms with van der Waals surface area (Å²) in [5, 5.41) is 0. The molecule has 0 aromatic rings. The standard InChI is InChI=1S/C14H22N2O2/c1-10-4-2-3-7-15(10)14(18)11-8-13(17)16(9-11)12-5-6-12/h10-12H,2-9H2,1H3. The monoisotopic (exact) mass is 250 g/mol. The van der Waals surface area contributed by atoms with Crippen LogP contribution >= 0.6 is 0 Å². The summed E-state index contributed by atoms with van der Waals surface area (Å²) in [4.78, 5) is 28.3. The number of hydrogen-bond donors (Lipinski definition) is 0. The molecule has 0 N–H and O–H groups in total. The van der Waals surface area contributed by atoms with Gasteiger partial charge < -0.3 is 9.80 Å². The third-order valence-electron chi connectivity index (χ3n) is 4.58. The van der Waals surface area contributed by atoms with Crippen molar-refractivity contribution in [3.05, 3.63) is 0 Å². The number of carbonyl (C=O) groups excluding carboxylic acids is 2. The second-order valence-electron chi connectivity index (χ2n) is 6.05. The zero-order chi connectivity index (χ0) is 12.7. The Kier molecular flexibility index (Phi) is 3.04. The maximum Gasteiger partial charge on any atom is 0.228 e. The van der Waals surface area contributed by atoms with E-state index < -0.39 is 0 Å². The molecule has 2 aliphatic heterocycles. The molecule has 1 aliphatic carbocycles. The lowest BCUT2D eigenvalue weighted by Gasteiger charge is -2.35. The minimum atomic E-state index is -0.0707. The lowest BCUT2D eigenvalue weighted by atomic mass is 9.99. The second-order valence-corrected chi connectivity index (χ2v) is 6.05. The third kappa shape index (κ3) is 2.13. The molecule has 3 fully saturated rings. The minimum absolute atomic E-state index is 0.0707. The van der Waals surface area contributed by atoms with E-state index in [0.29, 0.717) is 25.0 Å². The summed E-state index contributed by atoms with van der Waals surface area (Å²) in [7, 11) is 0. The summed E-state index contributed by atoms with van der Waals surface area (Å²) in [6.45, 7) is 3.69. The van der Waals surface area contributed by atoms with E-state index in [1.807, 2.05) is 9.80 Å². The van der Waals surface area contributed by atoms with E-state index >= 15 is 0 Å². The summed E-state index contributed by atoms with van der Waals surface area (Å²) in [6, 6.07) is 0.811. The molecule has 3 aliphatic rings. The molecule has 2 amide bonds. The van der Waals surface area contributed by atoms with Crippen LogP contribution in [0.15, 0.2) is 0 Å². The van der Waals surface area contributed by atoms with Gasteiger partial charge in [0, 0.05) is 31.6 Å². The fraction of sp³-hybridized carbons (Fsp3) is 0.857. The van der Waals surface area contributed by atoms with Gasteiger partial charge in [0.1, 0.15) is 0 Å². The molecule has 0 aromatic heterocycles. The Hall–Kier alpha value is -1.06. The molecule has 0 radical (unpaired) electrons. The normalized spacial score (nSPS) is 33.1. The molecule has 2 saturated heterocycles. The van der Waals surface area contributed by atoms with Crippen LogP contribution < -0.4 is 0 Å². The highest BCUT2D eigenvalue weighted by atomic mass is 16.2. The lowest BCUT2D eigenvalue weighted by molar-refractivity contribution is -0.139. The van der Waals surface area contributed by atoms with E-state index in [-0.39, 0.29) is 17.7 Å². The molecule has 18 heavy (non-hydrogen) atoms. The molecule has 0 bridgehead atoms. The first-order valence-corrected chi connectivity index (χ1v) is 7.27. The number of nitrogens with zero attached hydrogens (tertiary/aromatic N) is 2. The molecule has 4 nitrogen and oxygen atoms in total. The van der Waals surface area contributed by atoms with Gasteiger partial charge in [-0.15, -0.1) is 0 Å². The number of amides is 2. The largest absolute Gasteiger partial charge is 0.340 e.